The highest BCUT2D eigenvalue weighted by Gasteiger charge is 2.27. The Morgan fingerprint density at radius 2 is 0.966 bits per heavy atom. The SMILES string of the molecule is CC1Cc2c(c3ccccc3n2-c2cccc3c2sc2ccccc23)C=C1c1ccc(-c2ccc(-c3ccc(N(c4ccccc4)c4ccccc4)cc3)cc2)cc1. The quantitative estimate of drug-likeness (QED) is 0.157. The topological polar surface area (TPSA) is 8.17 Å². The van der Waals surface area contributed by atoms with Crippen molar-refractivity contribution in [2.24, 2.45) is 5.92 Å². The van der Waals surface area contributed by atoms with E-state index in [1.54, 1.807) is 0 Å². The van der Waals surface area contributed by atoms with Gasteiger partial charge in [0.1, 0.15) is 0 Å². The van der Waals surface area contributed by atoms with Gasteiger partial charge in [0.2, 0.25) is 0 Å². The van der Waals surface area contributed by atoms with Crippen molar-refractivity contribution in [2.75, 3.05) is 4.90 Å². The number of aromatic nitrogens is 1. The summed E-state index contributed by atoms with van der Waals surface area (Å²) in [5.41, 5.74) is 16.3. The van der Waals surface area contributed by atoms with Gasteiger partial charge in [0, 0.05) is 49.2 Å². The zero-order valence-corrected chi connectivity index (χ0v) is 33.0. The van der Waals surface area contributed by atoms with Crippen LogP contribution in [0.1, 0.15) is 23.7 Å². The van der Waals surface area contributed by atoms with E-state index in [4.69, 9.17) is 0 Å². The van der Waals surface area contributed by atoms with Crippen LogP contribution >= 0.6 is 11.3 Å². The van der Waals surface area contributed by atoms with Gasteiger partial charge in [-0.15, -0.1) is 11.3 Å². The molecule has 0 saturated carbocycles. The van der Waals surface area contributed by atoms with Crippen LogP contribution in [0.4, 0.5) is 17.1 Å². The fraction of sp³-hybridized carbons (Fsp3) is 0.0545. The van der Waals surface area contributed by atoms with Crippen LogP contribution < -0.4 is 4.90 Å². The third-order valence-corrected chi connectivity index (χ3v) is 13.1. The van der Waals surface area contributed by atoms with Gasteiger partial charge in [0.25, 0.3) is 0 Å². The Morgan fingerprint density at radius 3 is 1.60 bits per heavy atom. The third kappa shape index (κ3) is 5.86. The van der Waals surface area contributed by atoms with E-state index in [0.29, 0.717) is 5.92 Å². The van der Waals surface area contributed by atoms with Crippen LogP contribution in [0.25, 0.3) is 70.7 Å². The Kier molecular flexibility index (Phi) is 8.41. The second-order valence-corrected chi connectivity index (χ2v) is 16.4. The number of thiophene rings is 1. The third-order valence-electron chi connectivity index (χ3n) is 11.9. The zero-order valence-electron chi connectivity index (χ0n) is 32.2. The Hall–Kier alpha value is -6.94. The molecule has 1 atom stereocenters. The molecule has 0 bridgehead atoms. The van der Waals surface area contributed by atoms with Gasteiger partial charge in [-0.3, -0.25) is 0 Å². The number of hydrogen-bond donors (Lipinski definition) is 0. The predicted molar refractivity (Wildman–Crippen MR) is 249 cm³/mol. The van der Waals surface area contributed by atoms with Crippen LogP contribution in [0.2, 0.25) is 0 Å². The van der Waals surface area contributed by atoms with E-state index < -0.39 is 0 Å². The Balaban J connectivity index is 0.880. The molecular weight excluding hydrogens is 721 g/mol. The molecule has 0 fully saturated rings. The molecule has 1 unspecified atom stereocenters. The van der Waals surface area contributed by atoms with E-state index in [-0.39, 0.29) is 0 Å². The minimum atomic E-state index is 0.376. The highest BCUT2D eigenvalue weighted by atomic mass is 32.1. The molecule has 0 N–H and O–H groups in total. The summed E-state index contributed by atoms with van der Waals surface area (Å²) in [5, 5.41) is 3.99. The standard InChI is InChI=1S/C55H40N2S/c1-37-35-53-50(46-17-8-10-20-51(46)57(53)52-21-12-19-48-47-18-9-11-22-54(47)58-55(48)52)36-49(37)42-29-27-40(28-30-42)38-23-25-39(26-24-38)41-31-33-45(34-32-41)56(43-13-4-2-5-14-43)44-15-6-3-7-16-44/h2-34,36-37H,35H2,1H3. The minimum Gasteiger partial charge on any atom is -0.312 e. The molecule has 0 spiro atoms. The van der Waals surface area contributed by atoms with E-state index in [0.717, 1.165) is 23.5 Å². The van der Waals surface area contributed by atoms with Crippen molar-refractivity contribution < 1.29 is 0 Å². The molecule has 0 amide bonds. The number of hydrogen-bond acceptors (Lipinski definition) is 2. The lowest BCUT2D eigenvalue weighted by atomic mass is 9.83. The fourth-order valence-corrected chi connectivity index (χ4v) is 10.3. The molecule has 1 aliphatic rings. The number of allylic oxidation sites excluding steroid dienone is 1. The lowest BCUT2D eigenvalue weighted by molar-refractivity contribution is 0.709. The maximum Gasteiger partial charge on any atom is 0.0637 e. The normalized spacial score (nSPS) is 13.8. The predicted octanol–water partition coefficient (Wildman–Crippen LogP) is 15.5. The zero-order chi connectivity index (χ0) is 38.6. The second kappa shape index (κ2) is 14.2. The molecule has 10 aromatic rings. The number of fused-ring (bicyclic) bond motifs is 6. The Bertz CT molecular complexity index is 3080. The minimum absolute atomic E-state index is 0.376. The number of anilines is 3. The summed E-state index contributed by atoms with van der Waals surface area (Å²) in [4.78, 5) is 2.30. The summed E-state index contributed by atoms with van der Waals surface area (Å²) < 4.78 is 5.24. The monoisotopic (exact) mass is 760 g/mol. The van der Waals surface area contributed by atoms with Crippen molar-refractivity contribution in [1.82, 2.24) is 4.57 Å². The highest BCUT2D eigenvalue weighted by molar-refractivity contribution is 7.26. The first-order valence-corrected chi connectivity index (χ1v) is 21.0. The first kappa shape index (κ1) is 34.3. The number of benzene rings is 8. The largest absolute Gasteiger partial charge is 0.312 e. The van der Waals surface area contributed by atoms with Gasteiger partial charge in [0.05, 0.1) is 15.9 Å². The molecule has 0 saturated heterocycles. The lowest BCUT2D eigenvalue weighted by Gasteiger charge is -2.25. The van der Waals surface area contributed by atoms with Crippen molar-refractivity contribution in [1.29, 1.82) is 0 Å². The summed E-state index contributed by atoms with van der Waals surface area (Å²) in [6.45, 7) is 2.39. The van der Waals surface area contributed by atoms with Crippen molar-refractivity contribution in [3.8, 4) is 27.9 Å². The van der Waals surface area contributed by atoms with E-state index >= 15 is 0 Å². The van der Waals surface area contributed by atoms with E-state index in [1.807, 2.05) is 11.3 Å². The summed E-state index contributed by atoms with van der Waals surface area (Å²) in [6, 6.07) is 72.7. The first-order chi connectivity index (χ1) is 28.7. The van der Waals surface area contributed by atoms with Crippen LogP contribution in [0.3, 0.4) is 0 Å². The summed E-state index contributed by atoms with van der Waals surface area (Å²) in [6.07, 6.45) is 3.46. The van der Waals surface area contributed by atoms with Crippen LogP contribution in [0.5, 0.6) is 0 Å². The van der Waals surface area contributed by atoms with Crippen molar-refractivity contribution >= 4 is 71.1 Å². The number of nitrogens with zero attached hydrogens (tertiary/aromatic N) is 2. The smallest absolute Gasteiger partial charge is 0.0637 e. The highest BCUT2D eigenvalue weighted by Crippen LogP contribution is 2.44. The molecule has 2 heterocycles. The van der Waals surface area contributed by atoms with Crippen LogP contribution in [-0.4, -0.2) is 4.57 Å². The molecule has 1 aliphatic carbocycles. The number of rotatable bonds is 7. The molecular formula is C55H40N2S. The second-order valence-electron chi connectivity index (χ2n) is 15.4. The lowest BCUT2D eigenvalue weighted by Crippen LogP contribution is -2.12. The van der Waals surface area contributed by atoms with Gasteiger partial charge in [-0.05, 0) is 106 Å². The first-order valence-electron chi connectivity index (χ1n) is 20.1. The molecule has 0 aliphatic heterocycles. The fourth-order valence-electron chi connectivity index (χ4n) is 9.04. The molecule has 8 aromatic carbocycles. The Morgan fingerprint density at radius 1 is 0.466 bits per heavy atom. The average Bonchev–Trinajstić information content (AvgIpc) is 3.83. The van der Waals surface area contributed by atoms with Crippen molar-refractivity contribution in [3.05, 3.63) is 217 Å². The van der Waals surface area contributed by atoms with Crippen LogP contribution in [-0.2, 0) is 6.42 Å². The molecule has 11 rings (SSSR count). The average molecular weight is 761 g/mol. The van der Waals surface area contributed by atoms with Crippen molar-refractivity contribution in [3.63, 3.8) is 0 Å². The summed E-state index contributed by atoms with van der Waals surface area (Å²) in [7, 11) is 0. The molecule has 0 radical (unpaired) electrons. The molecule has 276 valence electrons. The van der Waals surface area contributed by atoms with E-state index in [1.165, 1.54) is 81.4 Å². The maximum absolute atomic E-state index is 2.55. The summed E-state index contributed by atoms with van der Waals surface area (Å²) in [5.74, 6) is 0.376. The van der Waals surface area contributed by atoms with E-state index in [9.17, 15) is 0 Å². The maximum atomic E-state index is 2.55. The van der Waals surface area contributed by atoms with Crippen molar-refractivity contribution in [2.45, 2.75) is 13.3 Å². The van der Waals surface area contributed by atoms with Gasteiger partial charge < -0.3 is 9.47 Å². The molecule has 3 heteroatoms. The van der Waals surface area contributed by atoms with E-state index in [2.05, 4.69) is 223 Å². The van der Waals surface area contributed by atoms with Gasteiger partial charge in [-0.25, -0.2) is 0 Å². The number of para-hydroxylation sites is 3. The van der Waals surface area contributed by atoms with Gasteiger partial charge in [-0.2, -0.15) is 0 Å². The molecule has 2 aromatic heterocycles. The molecule has 58 heavy (non-hydrogen) atoms. The van der Waals surface area contributed by atoms with Gasteiger partial charge in [0.15, 0.2) is 0 Å². The molecule has 2 nitrogen and oxygen atoms in total. The summed E-state index contributed by atoms with van der Waals surface area (Å²) >= 11 is 1.90. The van der Waals surface area contributed by atoms with Gasteiger partial charge in [-0.1, -0.05) is 153 Å². The van der Waals surface area contributed by atoms with Crippen LogP contribution in [0, 0.1) is 5.92 Å². The Labute approximate surface area is 343 Å². The van der Waals surface area contributed by atoms with Gasteiger partial charge >= 0.3 is 0 Å². The van der Waals surface area contributed by atoms with Crippen LogP contribution in [0.15, 0.2) is 200 Å².